The minimum absolute atomic E-state index is 0.221. The van der Waals surface area contributed by atoms with Crippen LogP contribution in [-0.4, -0.2) is 49.4 Å². The van der Waals surface area contributed by atoms with E-state index < -0.39 is 0 Å². The highest BCUT2D eigenvalue weighted by Crippen LogP contribution is 2.21. The second kappa shape index (κ2) is 5.10. The van der Waals surface area contributed by atoms with E-state index in [1.807, 2.05) is 11.6 Å². The largest absolute Gasteiger partial charge is 0.393 e. The molecule has 1 fully saturated rings. The van der Waals surface area contributed by atoms with Crippen molar-refractivity contribution in [3.63, 3.8) is 0 Å². The maximum atomic E-state index is 9.57. The zero-order valence-corrected chi connectivity index (χ0v) is 10.7. The highest BCUT2D eigenvalue weighted by Gasteiger charge is 2.27. The van der Waals surface area contributed by atoms with Crippen LogP contribution < -0.4 is 0 Å². The molecule has 1 aliphatic rings. The number of hydrogen-bond donors (Lipinski definition) is 1. The molecule has 1 aliphatic heterocycles. The number of nitrogens with zero attached hydrogens (tertiary/aromatic N) is 5. The Bertz CT molecular complexity index is 362. The fourth-order valence-electron chi connectivity index (χ4n) is 2.32. The molecule has 0 aromatic carbocycles. The van der Waals surface area contributed by atoms with Gasteiger partial charge in [-0.25, -0.2) is 4.68 Å². The zero-order valence-electron chi connectivity index (χ0n) is 10.7. The van der Waals surface area contributed by atoms with Crippen molar-refractivity contribution in [2.75, 3.05) is 13.1 Å². The Morgan fingerprint density at radius 3 is 2.76 bits per heavy atom. The van der Waals surface area contributed by atoms with Crippen LogP contribution in [-0.2, 0) is 6.54 Å². The van der Waals surface area contributed by atoms with Crippen molar-refractivity contribution in [2.45, 2.75) is 45.9 Å². The SMILES string of the molecule is CC(O)C1CCN(Cc2nnnn2C(C)C)C1. The topological polar surface area (TPSA) is 67.1 Å². The van der Waals surface area contributed by atoms with Crippen molar-refractivity contribution >= 4 is 0 Å². The lowest BCUT2D eigenvalue weighted by Gasteiger charge is -2.17. The van der Waals surface area contributed by atoms with Gasteiger partial charge in [-0.2, -0.15) is 0 Å². The summed E-state index contributed by atoms with van der Waals surface area (Å²) >= 11 is 0. The van der Waals surface area contributed by atoms with Crippen LogP contribution in [0.5, 0.6) is 0 Å². The first-order valence-electron chi connectivity index (χ1n) is 6.25. The molecule has 0 aliphatic carbocycles. The molecule has 1 aromatic heterocycles. The van der Waals surface area contributed by atoms with Crippen molar-refractivity contribution in [3.8, 4) is 0 Å². The highest BCUT2D eigenvalue weighted by atomic mass is 16.3. The van der Waals surface area contributed by atoms with E-state index in [1.165, 1.54) is 0 Å². The van der Waals surface area contributed by atoms with E-state index in [1.54, 1.807) is 0 Å². The van der Waals surface area contributed by atoms with Gasteiger partial charge in [0.2, 0.25) is 0 Å². The minimum Gasteiger partial charge on any atom is -0.393 e. The quantitative estimate of drug-likeness (QED) is 0.826. The molecule has 6 heteroatoms. The van der Waals surface area contributed by atoms with Gasteiger partial charge in [0.1, 0.15) is 0 Å². The first-order chi connectivity index (χ1) is 8.08. The summed E-state index contributed by atoms with van der Waals surface area (Å²) in [5.41, 5.74) is 0. The van der Waals surface area contributed by atoms with Crippen LogP contribution in [0, 0.1) is 5.92 Å². The molecule has 0 spiro atoms. The van der Waals surface area contributed by atoms with Crippen LogP contribution >= 0.6 is 0 Å². The van der Waals surface area contributed by atoms with Crippen LogP contribution in [0.2, 0.25) is 0 Å². The molecule has 1 saturated heterocycles. The Morgan fingerprint density at radius 1 is 1.41 bits per heavy atom. The molecule has 2 unspecified atom stereocenters. The number of hydrogen-bond acceptors (Lipinski definition) is 5. The van der Waals surface area contributed by atoms with E-state index in [4.69, 9.17) is 0 Å². The van der Waals surface area contributed by atoms with Gasteiger partial charge in [-0.3, -0.25) is 4.90 Å². The maximum Gasteiger partial charge on any atom is 0.165 e. The molecule has 0 amide bonds. The van der Waals surface area contributed by atoms with Gasteiger partial charge in [-0.15, -0.1) is 5.10 Å². The first-order valence-corrected chi connectivity index (χ1v) is 6.25. The van der Waals surface area contributed by atoms with Gasteiger partial charge in [-0.05, 0) is 50.1 Å². The summed E-state index contributed by atoms with van der Waals surface area (Å²) in [6, 6.07) is 0.287. The number of aliphatic hydroxyl groups excluding tert-OH is 1. The Morgan fingerprint density at radius 2 is 2.18 bits per heavy atom. The van der Waals surface area contributed by atoms with Crippen LogP contribution in [0.15, 0.2) is 0 Å². The summed E-state index contributed by atoms with van der Waals surface area (Å²) in [7, 11) is 0. The fraction of sp³-hybridized carbons (Fsp3) is 0.909. The van der Waals surface area contributed by atoms with Gasteiger partial charge in [0.25, 0.3) is 0 Å². The van der Waals surface area contributed by atoms with E-state index in [0.29, 0.717) is 5.92 Å². The molecule has 0 bridgehead atoms. The van der Waals surface area contributed by atoms with E-state index in [0.717, 1.165) is 31.9 Å². The van der Waals surface area contributed by atoms with Crippen LogP contribution in [0.1, 0.15) is 39.1 Å². The number of tetrazole rings is 1. The summed E-state index contributed by atoms with van der Waals surface area (Å²) in [6.45, 7) is 8.73. The molecule has 2 rings (SSSR count). The summed E-state index contributed by atoms with van der Waals surface area (Å²) in [6.07, 6.45) is 0.835. The first kappa shape index (κ1) is 12.4. The summed E-state index contributed by atoms with van der Waals surface area (Å²) in [5.74, 6) is 1.30. The predicted octanol–water partition coefficient (Wildman–Crippen LogP) is 0.457. The van der Waals surface area contributed by atoms with Gasteiger partial charge in [-0.1, -0.05) is 0 Å². The minimum atomic E-state index is -0.221. The molecular formula is C11H21N5O. The zero-order chi connectivity index (χ0) is 12.4. The Labute approximate surface area is 102 Å². The van der Waals surface area contributed by atoms with E-state index in [9.17, 15) is 5.11 Å². The Kier molecular flexibility index (Phi) is 3.73. The van der Waals surface area contributed by atoms with Crippen molar-refractivity contribution in [3.05, 3.63) is 5.82 Å². The molecule has 0 saturated carbocycles. The normalized spacial score (nSPS) is 23.5. The maximum absolute atomic E-state index is 9.57. The molecule has 1 aromatic rings. The van der Waals surface area contributed by atoms with E-state index in [-0.39, 0.29) is 12.1 Å². The van der Waals surface area contributed by atoms with Gasteiger partial charge in [0.15, 0.2) is 5.82 Å². The lowest BCUT2D eigenvalue weighted by atomic mass is 10.0. The second-order valence-electron chi connectivity index (χ2n) is 5.16. The molecule has 2 heterocycles. The fourth-order valence-corrected chi connectivity index (χ4v) is 2.32. The summed E-state index contributed by atoms with van der Waals surface area (Å²) < 4.78 is 1.86. The van der Waals surface area contributed by atoms with Crippen molar-refractivity contribution in [1.29, 1.82) is 0 Å². The van der Waals surface area contributed by atoms with Crippen LogP contribution in [0.25, 0.3) is 0 Å². The van der Waals surface area contributed by atoms with Crippen molar-refractivity contribution in [1.82, 2.24) is 25.1 Å². The lowest BCUT2D eigenvalue weighted by molar-refractivity contribution is 0.126. The average molecular weight is 239 g/mol. The van der Waals surface area contributed by atoms with Gasteiger partial charge in [0.05, 0.1) is 18.7 Å². The molecule has 1 N–H and O–H groups in total. The Hall–Kier alpha value is -1.01. The molecule has 17 heavy (non-hydrogen) atoms. The number of aromatic nitrogens is 4. The standard InChI is InChI=1S/C11H21N5O/c1-8(2)16-11(12-13-14-16)7-15-5-4-10(6-15)9(3)17/h8-10,17H,4-7H2,1-3H3. The number of likely N-dealkylation sites (tertiary alicyclic amines) is 1. The van der Waals surface area contributed by atoms with Crippen molar-refractivity contribution in [2.24, 2.45) is 5.92 Å². The lowest BCUT2D eigenvalue weighted by Crippen LogP contribution is -2.25. The van der Waals surface area contributed by atoms with E-state index in [2.05, 4.69) is 34.3 Å². The molecule has 2 atom stereocenters. The Balaban J connectivity index is 1.96. The van der Waals surface area contributed by atoms with Gasteiger partial charge in [0, 0.05) is 6.54 Å². The molecule has 0 radical (unpaired) electrons. The third-order valence-electron chi connectivity index (χ3n) is 3.41. The van der Waals surface area contributed by atoms with Crippen LogP contribution in [0.4, 0.5) is 0 Å². The van der Waals surface area contributed by atoms with Crippen molar-refractivity contribution < 1.29 is 5.11 Å². The summed E-state index contributed by atoms with van der Waals surface area (Å²) in [4.78, 5) is 2.31. The monoisotopic (exact) mass is 239 g/mol. The second-order valence-corrected chi connectivity index (χ2v) is 5.16. The third-order valence-corrected chi connectivity index (χ3v) is 3.41. The highest BCUT2D eigenvalue weighted by molar-refractivity contribution is 4.87. The third kappa shape index (κ3) is 2.81. The van der Waals surface area contributed by atoms with E-state index >= 15 is 0 Å². The number of aliphatic hydroxyl groups is 1. The average Bonchev–Trinajstić information content (AvgIpc) is 2.86. The molecule has 96 valence electrons. The molecular weight excluding hydrogens is 218 g/mol. The molecule has 6 nitrogen and oxygen atoms in total. The number of rotatable bonds is 4. The smallest absolute Gasteiger partial charge is 0.165 e. The van der Waals surface area contributed by atoms with Crippen LogP contribution in [0.3, 0.4) is 0 Å². The summed E-state index contributed by atoms with van der Waals surface area (Å²) in [5, 5.41) is 21.4. The predicted molar refractivity (Wildman–Crippen MR) is 63.3 cm³/mol. The van der Waals surface area contributed by atoms with Gasteiger partial charge >= 0.3 is 0 Å². The van der Waals surface area contributed by atoms with Gasteiger partial charge < -0.3 is 5.11 Å².